The zero-order valence-corrected chi connectivity index (χ0v) is 10.5. The third-order valence-electron chi connectivity index (χ3n) is 3.05. The van der Waals surface area contributed by atoms with Gasteiger partial charge in [0.2, 0.25) is 11.8 Å². The van der Waals surface area contributed by atoms with Crippen LogP contribution in [-0.4, -0.2) is 10.2 Å². The molecule has 0 spiro atoms. The molecule has 4 nitrogen and oxygen atoms in total. The number of anilines is 1. The second kappa shape index (κ2) is 4.57. The average molecular weight is 251 g/mol. The summed E-state index contributed by atoms with van der Waals surface area (Å²) in [5, 5.41) is 8.17. The van der Waals surface area contributed by atoms with E-state index in [1.54, 1.807) is 0 Å². The summed E-state index contributed by atoms with van der Waals surface area (Å²) >= 11 is 0. The molecule has 3 rings (SSSR count). The van der Waals surface area contributed by atoms with Gasteiger partial charge in [-0.3, -0.25) is 0 Å². The van der Waals surface area contributed by atoms with E-state index < -0.39 is 0 Å². The Hall–Kier alpha value is -2.62. The minimum atomic E-state index is 0.489. The Bertz CT molecular complexity index is 704. The van der Waals surface area contributed by atoms with Gasteiger partial charge in [-0.15, -0.1) is 10.2 Å². The standard InChI is InChI=1S/C15H13N3O/c1-10-12(8-5-9-13(10)16)15-18-17-14(19-15)11-6-3-2-4-7-11/h2-9H,16H2,1H3. The molecule has 0 amide bonds. The molecule has 0 atom stereocenters. The van der Waals surface area contributed by atoms with Crippen LogP contribution in [-0.2, 0) is 0 Å². The highest BCUT2D eigenvalue weighted by atomic mass is 16.4. The molecule has 1 aromatic heterocycles. The summed E-state index contributed by atoms with van der Waals surface area (Å²) < 4.78 is 5.71. The van der Waals surface area contributed by atoms with Gasteiger partial charge in [0.1, 0.15) is 0 Å². The molecule has 3 aromatic rings. The highest BCUT2D eigenvalue weighted by molar-refractivity contribution is 5.67. The van der Waals surface area contributed by atoms with Crippen LogP contribution in [0.2, 0.25) is 0 Å². The van der Waals surface area contributed by atoms with E-state index >= 15 is 0 Å². The lowest BCUT2D eigenvalue weighted by Crippen LogP contribution is -1.91. The number of rotatable bonds is 2. The summed E-state index contributed by atoms with van der Waals surface area (Å²) in [5.74, 6) is 1.00. The van der Waals surface area contributed by atoms with Crippen molar-refractivity contribution in [1.82, 2.24) is 10.2 Å². The van der Waals surface area contributed by atoms with Crippen LogP contribution in [0.25, 0.3) is 22.9 Å². The highest BCUT2D eigenvalue weighted by Gasteiger charge is 2.12. The lowest BCUT2D eigenvalue weighted by atomic mass is 10.1. The molecule has 2 N–H and O–H groups in total. The maximum Gasteiger partial charge on any atom is 0.248 e. The fraction of sp³-hybridized carbons (Fsp3) is 0.0667. The van der Waals surface area contributed by atoms with Crippen LogP contribution in [0.3, 0.4) is 0 Å². The summed E-state index contributed by atoms with van der Waals surface area (Å²) in [7, 11) is 0. The second-order valence-corrected chi connectivity index (χ2v) is 4.30. The van der Waals surface area contributed by atoms with E-state index in [4.69, 9.17) is 10.2 Å². The Morgan fingerprint density at radius 3 is 2.42 bits per heavy atom. The van der Waals surface area contributed by atoms with Gasteiger partial charge >= 0.3 is 0 Å². The smallest absolute Gasteiger partial charge is 0.248 e. The van der Waals surface area contributed by atoms with Crippen LogP contribution in [0.4, 0.5) is 5.69 Å². The van der Waals surface area contributed by atoms with E-state index in [1.165, 1.54) is 0 Å². The van der Waals surface area contributed by atoms with Crippen molar-refractivity contribution >= 4 is 5.69 Å². The Morgan fingerprint density at radius 2 is 1.63 bits per heavy atom. The number of hydrogen-bond acceptors (Lipinski definition) is 4. The van der Waals surface area contributed by atoms with E-state index in [2.05, 4.69) is 10.2 Å². The molecule has 0 fully saturated rings. The molecular weight excluding hydrogens is 238 g/mol. The van der Waals surface area contributed by atoms with Crippen molar-refractivity contribution in [2.24, 2.45) is 0 Å². The predicted octanol–water partition coefficient (Wildman–Crippen LogP) is 3.29. The largest absolute Gasteiger partial charge is 0.416 e. The Kier molecular flexibility index (Phi) is 2.76. The van der Waals surface area contributed by atoms with E-state index in [-0.39, 0.29) is 0 Å². The Balaban J connectivity index is 2.05. The molecule has 0 radical (unpaired) electrons. The van der Waals surface area contributed by atoms with Crippen LogP contribution < -0.4 is 5.73 Å². The third kappa shape index (κ3) is 2.08. The zero-order valence-electron chi connectivity index (χ0n) is 10.5. The molecular formula is C15H13N3O. The number of benzene rings is 2. The van der Waals surface area contributed by atoms with Gasteiger partial charge in [-0.1, -0.05) is 24.3 Å². The van der Waals surface area contributed by atoms with Crippen LogP contribution in [0.1, 0.15) is 5.56 Å². The minimum Gasteiger partial charge on any atom is -0.416 e. The van der Waals surface area contributed by atoms with Gasteiger partial charge in [-0.25, -0.2) is 0 Å². The van der Waals surface area contributed by atoms with Crippen LogP contribution in [0.15, 0.2) is 52.9 Å². The zero-order chi connectivity index (χ0) is 13.2. The molecule has 4 heteroatoms. The SMILES string of the molecule is Cc1c(N)cccc1-c1nnc(-c2ccccc2)o1. The van der Waals surface area contributed by atoms with Gasteiger partial charge in [0.05, 0.1) is 0 Å². The van der Waals surface area contributed by atoms with Crippen molar-refractivity contribution in [2.45, 2.75) is 6.92 Å². The third-order valence-corrected chi connectivity index (χ3v) is 3.05. The number of nitrogens with zero attached hydrogens (tertiary/aromatic N) is 2. The molecule has 0 aliphatic carbocycles. The molecule has 0 saturated carbocycles. The van der Waals surface area contributed by atoms with E-state index in [0.717, 1.165) is 22.4 Å². The first-order chi connectivity index (χ1) is 9.25. The van der Waals surface area contributed by atoms with Gasteiger partial charge in [-0.05, 0) is 36.8 Å². The quantitative estimate of drug-likeness (QED) is 0.710. The summed E-state index contributed by atoms with van der Waals surface area (Å²) in [6, 6.07) is 15.3. The van der Waals surface area contributed by atoms with Crippen LogP contribution >= 0.6 is 0 Å². The molecule has 1 heterocycles. The van der Waals surface area contributed by atoms with E-state index in [9.17, 15) is 0 Å². The van der Waals surface area contributed by atoms with Crippen molar-refractivity contribution in [3.8, 4) is 22.9 Å². The predicted molar refractivity (Wildman–Crippen MR) is 74.3 cm³/mol. The van der Waals surface area contributed by atoms with Crippen molar-refractivity contribution in [1.29, 1.82) is 0 Å². The molecule has 0 saturated heterocycles. The van der Waals surface area contributed by atoms with Gasteiger partial charge in [0, 0.05) is 16.8 Å². The highest BCUT2D eigenvalue weighted by Crippen LogP contribution is 2.28. The van der Waals surface area contributed by atoms with Crippen molar-refractivity contribution in [3.05, 3.63) is 54.1 Å². The molecule has 19 heavy (non-hydrogen) atoms. The number of nitrogens with two attached hydrogens (primary N) is 1. The lowest BCUT2D eigenvalue weighted by molar-refractivity contribution is 0.584. The van der Waals surface area contributed by atoms with Gasteiger partial charge in [0.15, 0.2) is 0 Å². The minimum absolute atomic E-state index is 0.489. The first-order valence-corrected chi connectivity index (χ1v) is 6.00. The van der Waals surface area contributed by atoms with E-state index in [0.29, 0.717) is 11.8 Å². The van der Waals surface area contributed by atoms with Crippen molar-refractivity contribution < 1.29 is 4.42 Å². The first-order valence-electron chi connectivity index (χ1n) is 6.00. The normalized spacial score (nSPS) is 10.6. The maximum absolute atomic E-state index is 5.89. The monoisotopic (exact) mass is 251 g/mol. The molecule has 0 bridgehead atoms. The molecule has 0 aliphatic rings. The molecule has 94 valence electrons. The van der Waals surface area contributed by atoms with Gasteiger partial charge in [0.25, 0.3) is 0 Å². The Morgan fingerprint density at radius 1 is 0.895 bits per heavy atom. The first kappa shape index (κ1) is 11.5. The number of aromatic nitrogens is 2. The number of nitrogen functional groups attached to an aromatic ring is 1. The fourth-order valence-corrected chi connectivity index (χ4v) is 1.91. The summed E-state index contributed by atoms with van der Waals surface area (Å²) in [4.78, 5) is 0. The molecule has 2 aromatic carbocycles. The van der Waals surface area contributed by atoms with E-state index in [1.807, 2.05) is 55.5 Å². The topological polar surface area (TPSA) is 64.9 Å². The second-order valence-electron chi connectivity index (χ2n) is 4.30. The van der Waals surface area contributed by atoms with Crippen molar-refractivity contribution in [3.63, 3.8) is 0 Å². The summed E-state index contributed by atoms with van der Waals surface area (Å²) in [5.41, 5.74) is 9.33. The average Bonchev–Trinajstić information content (AvgIpc) is 2.92. The van der Waals surface area contributed by atoms with Gasteiger partial charge < -0.3 is 10.2 Å². The number of hydrogen-bond donors (Lipinski definition) is 1. The van der Waals surface area contributed by atoms with Crippen LogP contribution in [0.5, 0.6) is 0 Å². The van der Waals surface area contributed by atoms with Gasteiger partial charge in [-0.2, -0.15) is 0 Å². The summed E-state index contributed by atoms with van der Waals surface area (Å²) in [6.07, 6.45) is 0. The van der Waals surface area contributed by atoms with Crippen molar-refractivity contribution in [2.75, 3.05) is 5.73 Å². The summed E-state index contributed by atoms with van der Waals surface area (Å²) in [6.45, 7) is 1.94. The fourth-order valence-electron chi connectivity index (χ4n) is 1.91. The maximum atomic E-state index is 5.89. The van der Waals surface area contributed by atoms with Crippen LogP contribution in [0, 0.1) is 6.92 Å². The molecule has 0 aliphatic heterocycles. The molecule has 0 unspecified atom stereocenters. The lowest BCUT2D eigenvalue weighted by Gasteiger charge is -2.03. The Labute approximate surface area is 110 Å².